The highest BCUT2D eigenvalue weighted by atomic mass is 32.2. The van der Waals surface area contributed by atoms with Crippen LogP contribution in [0.15, 0.2) is 35.2 Å². The van der Waals surface area contributed by atoms with E-state index in [4.69, 9.17) is 19.4 Å². The first-order valence-electron chi connectivity index (χ1n) is 9.66. The Morgan fingerprint density at radius 3 is 2.13 bits per heavy atom. The van der Waals surface area contributed by atoms with Crippen LogP contribution in [-0.4, -0.2) is 56.6 Å². The van der Waals surface area contributed by atoms with Crippen LogP contribution in [0.5, 0.6) is 11.5 Å². The summed E-state index contributed by atoms with van der Waals surface area (Å²) < 4.78 is 13.3. The van der Waals surface area contributed by atoms with Gasteiger partial charge in [0, 0.05) is 31.1 Å². The Kier molecular flexibility index (Phi) is 5.34. The van der Waals surface area contributed by atoms with E-state index in [1.54, 1.807) is 48.7 Å². The Labute approximate surface area is 187 Å². The molecule has 1 aliphatic heterocycles. The Balaban J connectivity index is 1.37. The standard InChI is InChI=1S/C21H22N4O2S3/c1-26-13-7-8-14(27-2)19-17(13)22-21(30-19)25-11-9-24(10-12-25)20-23-18-15(28-3)5-4-6-16(18)29-20/h4-8H,9-12H2,1-3H3. The van der Waals surface area contributed by atoms with Gasteiger partial charge in [0.1, 0.15) is 21.7 Å². The predicted octanol–water partition coefficient (Wildman–Crippen LogP) is 4.97. The van der Waals surface area contributed by atoms with Gasteiger partial charge in [-0.1, -0.05) is 28.7 Å². The average molecular weight is 459 g/mol. The first kappa shape index (κ1) is 19.7. The van der Waals surface area contributed by atoms with E-state index in [0.717, 1.165) is 63.7 Å². The molecule has 0 bridgehead atoms. The van der Waals surface area contributed by atoms with Gasteiger partial charge >= 0.3 is 0 Å². The van der Waals surface area contributed by atoms with E-state index in [1.807, 2.05) is 12.1 Å². The molecule has 0 atom stereocenters. The lowest BCUT2D eigenvalue weighted by Gasteiger charge is -2.34. The summed E-state index contributed by atoms with van der Waals surface area (Å²) in [6.45, 7) is 3.68. The largest absolute Gasteiger partial charge is 0.495 e. The third-order valence-electron chi connectivity index (χ3n) is 5.31. The van der Waals surface area contributed by atoms with E-state index in [-0.39, 0.29) is 0 Å². The Morgan fingerprint density at radius 2 is 1.47 bits per heavy atom. The molecule has 0 N–H and O–H groups in total. The van der Waals surface area contributed by atoms with Crippen molar-refractivity contribution in [3.63, 3.8) is 0 Å². The van der Waals surface area contributed by atoms with Crippen LogP contribution >= 0.6 is 34.4 Å². The maximum atomic E-state index is 5.53. The van der Waals surface area contributed by atoms with Crippen LogP contribution in [0, 0.1) is 0 Å². The zero-order valence-corrected chi connectivity index (χ0v) is 19.5. The SMILES string of the molecule is COc1ccc(OC)c2sc(N3CCN(c4nc5c(SC)cccc5s4)CC3)nc12. The van der Waals surface area contributed by atoms with Gasteiger partial charge in [0.2, 0.25) is 0 Å². The van der Waals surface area contributed by atoms with Gasteiger partial charge in [-0.3, -0.25) is 0 Å². The van der Waals surface area contributed by atoms with Crippen LogP contribution < -0.4 is 19.3 Å². The smallest absolute Gasteiger partial charge is 0.186 e. The first-order valence-corrected chi connectivity index (χ1v) is 12.5. The van der Waals surface area contributed by atoms with Crippen LogP contribution in [0.25, 0.3) is 20.4 Å². The number of piperazine rings is 1. The number of thiazole rings is 2. The second kappa shape index (κ2) is 8.13. The van der Waals surface area contributed by atoms with Crippen LogP contribution in [0.3, 0.4) is 0 Å². The topological polar surface area (TPSA) is 50.7 Å². The Bertz CT molecular complexity index is 1160. The average Bonchev–Trinajstić information content (AvgIpc) is 3.43. The number of anilines is 2. The number of rotatable bonds is 5. The van der Waals surface area contributed by atoms with Crippen molar-refractivity contribution < 1.29 is 9.47 Å². The lowest BCUT2D eigenvalue weighted by Crippen LogP contribution is -2.46. The molecule has 2 aromatic heterocycles. The number of nitrogens with zero attached hydrogens (tertiary/aromatic N) is 4. The Hall–Kier alpha value is -2.23. The molecule has 0 unspecified atom stereocenters. The zero-order chi connectivity index (χ0) is 20.7. The van der Waals surface area contributed by atoms with Gasteiger partial charge in [-0.25, -0.2) is 9.97 Å². The number of ether oxygens (including phenoxy) is 2. The van der Waals surface area contributed by atoms with Crippen LogP contribution in [0.2, 0.25) is 0 Å². The molecule has 1 saturated heterocycles. The minimum atomic E-state index is 0.783. The molecule has 0 saturated carbocycles. The Morgan fingerprint density at radius 1 is 0.833 bits per heavy atom. The van der Waals surface area contributed by atoms with Gasteiger partial charge < -0.3 is 19.3 Å². The van der Waals surface area contributed by atoms with Crippen molar-refractivity contribution in [2.24, 2.45) is 0 Å². The summed E-state index contributed by atoms with van der Waals surface area (Å²) in [5.41, 5.74) is 1.99. The van der Waals surface area contributed by atoms with Crippen molar-refractivity contribution in [2.75, 3.05) is 56.5 Å². The normalized spacial score (nSPS) is 14.6. The highest BCUT2D eigenvalue weighted by Gasteiger charge is 2.24. The fourth-order valence-corrected chi connectivity index (χ4v) is 6.51. The summed E-state index contributed by atoms with van der Waals surface area (Å²) in [7, 11) is 3.37. The number of fused-ring (bicyclic) bond motifs is 2. The summed E-state index contributed by atoms with van der Waals surface area (Å²) in [6.07, 6.45) is 2.11. The number of hydrogen-bond acceptors (Lipinski definition) is 9. The summed E-state index contributed by atoms with van der Waals surface area (Å²) >= 11 is 5.20. The fourth-order valence-electron chi connectivity index (χ4n) is 3.71. The van der Waals surface area contributed by atoms with E-state index in [1.165, 1.54) is 9.60 Å². The van der Waals surface area contributed by atoms with E-state index < -0.39 is 0 Å². The maximum Gasteiger partial charge on any atom is 0.186 e. The zero-order valence-electron chi connectivity index (χ0n) is 17.0. The number of thioether (sulfide) groups is 1. The first-order chi connectivity index (χ1) is 14.7. The van der Waals surface area contributed by atoms with Gasteiger partial charge in [0.25, 0.3) is 0 Å². The van der Waals surface area contributed by atoms with Crippen molar-refractivity contribution in [1.82, 2.24) is 9.97 Å². The van der Waals surface area contributed by atoms with E-state index in [2.05, 4.69) is 34.3 Å². The lowest BCUT2D eigenvalue weighted by atomic mass is 10.3. The molecule has 0 amide bonds. The summed E-state index contributed by atoms with van der Waals surface area (Å²) in [4.78, 5) is 15.8. The van der Waals surface area contributed by atoms with Gasteiger partial charge in [0.15, 0.2) is 10.3 Å². The second-order valence-corrected chi connectivity index (χ2v) is 9.76. The second-order valence-electron chi connectivity index (χ2n) is 6.92. The molecule has 1 aliphatic rings. The molecule has 1 fully saturated rings. The van der Waals surface area contributed by atoms with Crippen molar-refractivity contribution in [3.05, 3.63) is 30.3 Å². The quantitative estimate of drug-likeness (QED) is 0.391. The molecule has 9 heteroatoms. The van der Waals surface area contributed by atoms with E-state index in [0.29, 0.717) is 0 Å². The van der Waals surface area contributed by atoms with Gasteiger partial charge in [-0.15, -0.1) is 11.8 Å². The summed E-state index contributed by atoms with van der Waals surface area (Å²) in [5, 5.41) is 2.13. The third kappa shape index (κ3) is 3.34. The molecule has 0 spiro atoms. The van der Waals surface area contributed by atoms with E-state index in [9.17, 15) is 0 Å². The fraction of sp³-hybridized carbons (Fsp3) is 0.333. The van der Waals surface area contributed by atoms with E-state index >= 15 is 0 Å². The van der Waals surface area contributed by atoms with Crippen LogP contribution in [0.4, 0.5) is 10.3 Å². The van der Waals surface area contributed by atoms with Gasteiger partial charge in [-0.05, 0) is 30.5 Å². The minimum Gasteiger partial charge on any atom is -0.495 e. The van der Waals surface area contributed by atoms with Crippen molar-refractivity contribution in [1.29, 1.82) is 0 Å². The molecule has 2 aromatic carbocycles. The van der Waals surface area contributed by atoms with Crippen molar-refractivity contribution in [3.8, 4) is 11.5 Å². The van der Waals surface area contributed by atoms with Crippen molar-refractivity contribution >= 4 is 65.1 Å². The molecule has 0 radical (unpaired) electrons. The molecule has 6 nitrogen and oxygen atoms in total. The molecule has 156 valence electrons. The molecule has 3 heterocycles. The highest BCUT2D eigenvalue weighted by molar-refractivity contribution is 7.98. The highest BCUT2D eigenvalue weighted by Crippen LogP contribution is 2.40. The summed E-state index contributed by atoms with van der Waals surface area (Å²) in [5.74, 6) is 1.62. The van der Waals surface area contributed by atoms with Gasteiger partial charge in [-0.2, -0.15) is 0 Å². The number of hydrogen-bond donors (Lipinski definition) is 0. The molecular formula is C21H22N4O2S3. The molecule has 30 heavy (non-hydrogen) atoms. The summed E-state index contributed by atoms with van der Waals surface area (Å²) in [6, 6.07) is 10.3. The predicted molar refractivity (Wildman–Crippen MR) is 129 cm³/mol. The van der Waals surface area contributed by atoms with Crippen LogP contribution in [-0.2, 0) is 0 Å². The number of benzene rings is 2. The number of para-hydroxylation sites is 1. The van der Waals surface area contributed by atoms with Crippen LogP contribution in [0.1, 0.15) is 0 Å². The van der Waals surface area contributed by atoms with Gasteiger partial charge in [0.05, 0.1) is 24.4 Å². The molecule has 0 aliphatic carbocycles. The van der Waals surface area contributed by atoms with Crippen molar-refractivity contribution in [2.45, 2.75) is 4.90 Å². The number of methoxy groups -OCH3 is 2. The third-order valence-corrected chi connectivity index (χ3v) is 8.29. The minimum absolute atomic E-state index is 0.783. The molecule has 4 aromatic rings. The number of aromatic nitrogens is 2. The molecular weight excluding hydrogens is 436 g/mol. The maximum absolute atomic E-state index is 5.53. The molecule has 5 rings (SSSR count). The lowest BCUT2D eigenvalue weighted by molar-refractivity contribution is 0.410. The monoisotopic (exact) mass is 458 g/mol.